The fourth-order valence-electron chi connectivity index (χ4n) is 1.98. The van der Waals surface area contributed by atoms with Gasteiger partial charge in [0.2, 0.25) is 0 Å². The van der Waals surface area contributed by atoms with Gasteiger partial charge in [-0.2, -0.15) is 0 Å². The van der Waals surface area contributed by atoms with Crippen LogP contribution in [0.15, 0.2) is 0 Å². The molecule has 6 nitrogen and oxygen atoms in total. The van der Waals surface area contributed by atoms with Gasteiger partial charge in [0, 0.05) is 31.7 Å². The third-order valence-corrected chi connectivity index (χ3v) is 4.51. The minimum absolute atomic E-state index is 0.0183. The van der Waals surface area contributed by atoms with E-state index in [0.717, 1.165) is 31.1 Å². The van der Waals surface area contributed by atoms with E-state index in [1.165, 1.54) is 11.3 Å². The molecule has 1 aromatic heterocycles. The third kappa shape index (κ3) is 3.40. The van der Waals surface area contributed by atoms with Crippen LogP contribution in [0.3, 0.4) is 0 Å². The number of hydrogen-bond donors (Lipinski definition) is 3. The monoisotopic (exact) mass is 298 g/mol. The number of hydrogen-bond acceptors (Lipinski definition) is 6. The lowest BCUT2D eigenvalue weighted by molar-refractivity contribution is 0.0915. The number of nitrogens with two attached hydrogens (primary N) is 1. The first-order valence-corrected chi connectivity index (χ1v) is 7.65. The van der Waals surface area contributed by atoms with Crippen molar-refractivity contribution < 1.29 is 9.90 Å². The zero-order chi connectivity index (χ0) is 14.8. The van der Waals surface area contributed by atoms with E-state index in [4.69, 9.17) is 5.73 Å². The maximum absolute atomic E-state index is 12.1. The highest BCUT2D eigenvalue weighted by atomic mass is 32.1. The van der Waals surface area contributed by atoms with E-state index >= 15 is 0 Å². The summed E-state index contributed by atoms with van der Waals surface area (Å²) in [6.07, 6.45) is 2.32. The second-order valence-electron chi connectivity index (χ2n) is 5.91. The van der Waals surface area contributed by atoms with Crippen LogP contribution >= 0.6 is 11.3 Å². The van der Waals surface area contributed by atoms with Crippen LogP contribution in [0, 0.1) is 5.41 Å². The van der Waals surface area contributed by atoms with E-state index in [-0.39, 0.29) is 23.7 Å². The Hall–Kier alpha value is -1.34. The number of carbonyl (C=O) groups excluding carboxylic acids is 1. The Balaban J connectivity index is 2.02. The molecule has 0 radical (unpaired) electrons. The summed E-state index contributed by atoms with van der Waals surface area (Å²) in [6, 6.07) is 0. The fourth-order valence-corrected chi connectivity index (χ4v) is 2.94. The van der Waals surface area contributed by atoms with Crippen LogP contribution in [0.2, 0.25) is 0 Å². The summed E-state index contributed by atoms with van der Waals surface area (Å²) in [4.78, 5) is 19.0. The van der Waals surface area contributed by atoms with Crippen molar-refractivity contribution in [3.63, 3.8) is 0 Å². The molecule has 112 valence electrons. The van der Waals surface area contributed by atoms with Crippen molar-refractivity contribution in [1.82, 2.24) is 10.3 Å². The normalized spacial score (nSPS) is 15.7. The molecule has 1 amide bonds. The number of aromatic nitrogens is 1. The molecule has 1 aliphatic heterocycles. The average Bonchev–Trinajstić information content (AvgIpc) is 3.05. The van der Waals surface area contributed by atoms with Gasteiger partial charge in [0.05, 0.1) is 0 Å². The minimum atomic E-state index is -0.340. The molecule has 20 heavy (non-hydrogen) atoms. The van der Waals surface area contributed by atoms with Gasteiger partial charge in [-0.05, 0) is 12.8 Å². The molecule has 0 saturated carbocycles. The number of carbonyl (C=O) groups is 1. The quantitative estimate of drug-likeness (QED) is 0.756. The summed E-state index contributed by atoms with van der Waals surface area (Å²) >= 11 is 1.34. The number of thiazole rings is 1. The summed E-state index contributed by atoms with van der Waals surface area (Å²) in [6.45, 7) is 6.15. The van der Waals surface area contributed by atoms with Gasteiger partial charge in [-0.25, -0.2) is 4.98 Å². The van der Waals surface area contributed by atoms with Gasteiger partial charge in [-0.15, -0.1) is 0 Å². The molecule has 0 unspecified atom stereocenters. The van der Waals surface area contributed by atoms with E-state index in [1.807, 2.05) is 13.8 Å². The SMILES string of the molecule is CC(C)(CO)CNC(=O)c1sc(N2CCCC2)nc1N. The van der Waals surface area contributed by atoms with Gasteiger partial charge < -0.3 is 21.1 Å². The Morgan fingerprint density at radius 2 is 2.15 bits per heavy atom. The van der Waals surface area contributed by atoms with Crippen LogP contribution in [0.1, 0.15) is 36.4 Å². The van der Waals surface area contributed by atoms with E-state index in [2.05, 4.69) is 15.2 Å². The first kappa shape index (κ1) is 15.1. The summed E-state index contributed by atoms with van der Waals surface area (Å²) in [5.74, 6) is 0.0724. The second-order valence-corrected chi connectivity index (χ2v) is 6.89. The molecule has 1 aliphatic rings. The molecule has 1 fully saturated rings. The van der Waals surface area contributed by atoms with Crippen molar-refractivity contribution in [2.24, 2.45) is 5.41 Å². The third-order valence-electron chi connectivity index (χ3n) is 3.38. The Labute approximate surface area is 123 Å². The maximum atomic E-state index is 12.1. The van der Waals surface area contributed by atoms with Crippen LogP contribution in [0.25, 0.3) is 0 Å². The number of nitrogen functional groups attached to an aromatic ring is 1. The molecule has 7 heteroatoms. The number of aliphatic hydroxyl groups excluding tert-OH is 1. The molecule has 1 aromatic rings. The molecule has 0 spiro atoms. The number of anilines is 2. The summed E-state index contributed by atoms with van der Waals surface area (Å²) in [5.41, 5.74) is 5.50. The highest BCUT2D eigenvalue weighted by molar-refractivity contribution is 7.18. The Morgan fingerprint density at radius 1 is 1.50 bits per heavy atom. The lowest BCUT2D eigenvalue weighted by Crippen LogP contribution is -2.36. The summed E-state index contributed by atoms with van der Waals surface area (Å²) in [5, 5.41) is 12.8. The van der Waals surface area contributed by atoms with Gasteiger partial charge >= 0.3 is 0 Å². The van der Waals surface area contributed by atoms with Gasteiger partial charge in [0.25, 0.3) is 5.91 Å². The highest BCUT2D eigenvalue weighted by Gasteiger charge is 2.23. The number of amides is 1. The van der Waals surface area contributed by atoms with Crippen LogP contribution in [0.4, 0.5) is 10.9 Å². The molecule has 0 aliphatic carbocycles. The van der Waals surface area contributed by atoms with Crippen molar-refractivity contribution >= 4 is 28.2 Å². The molecule has 2 heterocycles. The van der Waals surface area contributed by atoms with Crippen LogP contribution in [0.5, 0.6) is 0 Å². The summed E-state index contributed by atoms with van der Waals surface area (Å²) in [7, 11) is 0. The first-order valence-electron chi connectivity index (χ1n) is 6.83. The van der Waals surface area contributed by atoms with Gasteiger partial charge in [-0.1, -0.05) is 25.2 Å². The van der Waals surface area contributed by atoms with Gasteiger partial charge in [0.15, 0.2) is 5.13 Å². The number of nitrogens with zero attached hydrogens (tertiary/aromatic N) is 2. The Morgan fingerprint density at radius 3 is 2.75 bits per heavy atom. The highest BCUT2D eigenvalue weighted by Crippen LogP contribution is 2.30. The molecule has 0 atom stereocenters. The topological polar surface area (TPSA) is 91.5 Å². The predicted octanol–water partition coefficient (Wildman–Crippen LogP) is 1.07. The molecule has 0 aromatic carbocycles. The van der Waals surface area contributed by atoms with E-state index in [1.54, 1.807) is 0 Å². The van der Waals surface area contributed by atoms with Crippen molar-refractivity contribution in [2.75, 3.05) is 36.9 Å². The van der Waals surface area contributed by atoms with E-state index < -0.39 is 0 Å². The van der Waals surface area contributed by atoms with Crippen LogP contribution in [-0.2, 0) is 0 Å². The minimum Gasteiger partial charge on any atom is -0.396 e. The largest absolute Gasteiger partial charge is 0.396 e. The molecular weight excluding hydrogens is 276 g/mol. The molecule has 4 N–H and O–H groups in total. The van der Waals surface area contributed by atoms with Gasteiger partial charge in [0.1, 0.15) is 10.7 Å². The van der Waals surface area contributed by atoms with Crippen molar-refractivity contribution in [3.8, 4) is 0 Å². The molecular formula is C13H22N4O2S. The zero-order valence-corrected chi connectivity index (χ0v) is 12.8. The second kappa shape index (κ2) is 5.97. The molecule has 2 rings (SSSR count). The lowest BCUT2D eigenvalue weighted by Gasteiger charge is -2.21. The smallest absolute Gasteiger partial charge is 0.265 e. The standard InChI is InChI=1S/C13H22N4O2S/c1-13(2,8-18)7-15-11(19)9-10(14)16-12(20-9)17-5-3-4-6-17/h18H,3-8,14H2,1-2H3,(H,15,19). The van der Waals surface area contributed by atoms with Crippen LogP contribution < -0.4 is 16.0 Å². The molecule has 1 saturated heterocycles. The Bertz CT molecular complexity index is 481. The molecule has 0 bridgehead atoms. The number of nitrogens with one attached hydrogen (secondary N) is 1. The lowest BCUT2D eigenvalue weighted by atomic mass is 9.95. The van der Waals surface area contributed by atoms with E-state index in [9.17, 15) is 9.90 Å². The predicted molar refractivity (Wildman–Crippen MR) is 81.2 cm³/mol. The van der Waals surface area contributed by atoms with E-state index in [0.29, 0.717) is 11.4 Å². The zero-order valence-electron chi connectivity index (χ0n) is 12.0. The summed E-state index contributed by atoms with van der Waals surface area (Å²) < 4.78 is 0. The average molecular weight is 298 g/mol. The van der Waals surface area contributed by atoms with Crippen LogP contribution in [-0.4, -0.2) is 42.2 Å². The Kier molecular flexibility index (Phi) is 4.49. The maximum Gasteiger partial charge on any atom is 0.265 e. The number of aliphatic hydroxyl groups is 1. The van der Waals surface area contributed by atoms with Crippen molar-refractivity contribution in [1.29, 1.82) is 0 Å². The van der Waals surface area contributed by atoms with Crippen molar-refractivity contribution in [3.05, 3.63) is 4.88 Å². The number of rotatable bonds is 5. The first-order chi connectivity index (χ1) is 9.43. The van der Waals surface area contributed by atoms with Gasteiger partial charge in [-0.3, -0.25) is 4.79 Å². The fraction of sp³-hybridized carbons (Fsp3) is 0.692. The van der Waals surface area contributed by atoms with Crippen molar-refractivity contribution in [2.45, 2.75) is 26.7 Å².